The van der Waals surface area contributed by atoms with E-state index in [0.717, 1.165) is 5.56 Å². The molecule has 0 radical (unpaired) electrons. The second-order valence-corrected chi connectivity index (χ2v) is 10.2. The van der Waals surface area contributed by atoms with E-state index in [1.165, 1.54) is 21.0 Å². The molecule has 0 saturated heterocycles. The third-order valence-corrected chi connectivity index (χ3v) is 4.76. The quantitative estimate of drug-likeness (QED) is 0.445. The number of benzene rings is 1. The molecule has 9 heteroatoms. The summed E-state index contributed by atoms with van der Waals surface area (Å²) in [4.78, 5) is 50.7. The van der Waals surface area contributed by atoms with Crippen LogP contribution in [0.4, 0.5) is 4.79 Å². The van der Waals surface area contributed by atoms with Gasteiger partial charge in [-0.1, -0.05) is 44.2 Å². The predicted octanol–water partition coefficient (Wildman–Crippen LogP) is 2.72. The summed E-state index contributed by atoms with van der Waals surface area (Å²) in [5.74, 6) is -1.59. The predicted molar refractivity (Wildman–Crippen MR) is 129 cm³/mol. The average molecular weight is 478 g/mol. The third kappa shape index (κ3) is 10.2. The molecule has 0 unspecified atom stereocenters. The fourth-order valence-electron chi connectivity index (χ4n) is 3.19. The van der Waals surface area contributed by atoms with Crippen LogP contribution in [-0.2, 0) is 30.3 Å². The van der Waals surface area contributed by atoms with Gasteiger partial charge in [0.25, 0.3) is 0 Å². The molecule has 0 aliphatic carbocycles. The molecule has 0 aliphatic heterocycles. The lowest BCUT2D eigenvalue weighted by molar-refractivity contribution is -0.149. The number of methoxy groups -OCH3 is 1. The molecular formula is C25H39N3O6. The Morgan fingerprint density at radius 3 is 1.97 bits per heavy atom. The van der Waals surface area contributed by atoms with Crippen LogP contribution in [0.25, 0.3) is 0 Å². The Kier molecular flexibility index (Phi) is 10.5. The van der Waals surface area contributed by atoms with Gasteiger partial charge in [-0.3, -0.25) is 9.59 Å². The molecule has 1 rings (SSSR count). The molecule has 1 aromatic carbocycles. The van der Waals surface area contributed by atoms with Crippen LogP contribution in [0.2, 0.25) is 0 Å². The Morgan fingerprint density at radius 1 is 0.882 bits per heavy atom. The van der Waals surface area contributed by atoms with Gasteiger partial charge in [0.05, 0.1) is 7.11 Å². The number of carbonyl (C=O) groups is 4. The molecule has 2 atom stereocenters. The molecule has 0 bridgehead atoms. The van der Waals surface area contributed by atoms with E-state index in [-0.39, 0.29) is 12.3 Å². The van der Waals surface area contributed by atoms with Crippen molar-refractivity contribution in [2.75, 3.05) is 7.11 Å². The van der Waals surface area contributed by atoms with E-state index in [1.807, 2.05) is 44.2 Å². The van der Waals surface area contributed by atoms with Crippen molar-refractivity contribution in [2.24, 2.45) is 5.92 Å². The van der Waals surface area contributed by atoms with Gasteiger partial charge in [0.2, 0.25) is 11.8 Å². The van der Waals surface area contributed by atoms with Gasteiger partial charge in [-0.15, -0.1) is 0 Å². The zero-order valence-corrected chi connectivity index (χ0v) is 21.5. The first kappa shape index (κ1) is 28.9. The maximum atomic E-state index is 13.2. The lowest BCUT2D eigenvalue weighted by atomic mass is 9.99. The second kappa shape index (κ2) is 12.4. The molecule has 1 aromatic rings. The molecule has 0 aliphatic rings. The van der Waals surface area contributed by atoms with Crippen molar-refractivity contribution in [1.29, 1.82) is 0 Å². The number of nitrogens with one attached hydrogen (secondary N) is 3. The first-order valence-corrected chi connectivity index (χ1v) is 11.4. The normalized spacial score (nSPS) is 13.4. The topological polar surface area (TPSA) is 123 Å². The summed E-state index contributed by atoms with van der Waals surface area (Å²) in [6, 6.07) is 7.31. The standard InChI is InChI=1S/C25H39N3O6/c1-16(2)14-18(21(30)28-25(6,7)22(31)33-8)26-20(29)19(15-17-12-10-9-11-13-17)27-23(32)34-24(3,4)5/h9-13,16,18-19H,14-15H2,1-8H3,(H,26,29)(H,27,32)(H,28,30)/t18-,19-/m0/s1. The van der Waals surface area contributed by atoms with E-state index < -0.39 is 47.1 Å². The van der Waals surface area contributed by atoms with Crippen molar-refractivity contribution in [3.63, 3.8) is 0 Å². The van der Waals surface area contributed by atoms with Crippen LogP contribution in [0.15, 0.2) is 30.3 Å². The van der Waals surface area contributed by atoms with Crippen LogP contribution in [0.3, 0.4) is 0 Å². The van der Waals surface area contributed by atoms with Gasteiger partial charge in [0.15, 0.2) is 0 Å². The summed E-state index contributed by atoms with van der Waals surface area (Å²) >= 11 is 0. The highest BCUT2D eigenvalue weighted by atomic mass is 16.6. The van der Waals surface area contributed by atoms with Gasteiger partial charge in [0, 0.05) is 6.42 Å². The summed E-state index contributed by atoms with van der Waals surface area (Å²) in [5.41, 5.74) is -1.18. The third-order valence-electron chi connectivity index (χ3n) is 4.76. The van der Waals surface area contributed by atoms with Crippen molar-refractivity contribution in [3.05, 3.63) is 35.9 Å². The Hall–Kier alpha value is -3.10. The maximum absolute atomic E-state index is 13.2. The minimum Gasteiger partial charge on any atom is -0.467 e. The van der Waals surface area contributed by atoms with Crippen molar-refractivity contribution < 1.29 is 28.7 Å². The van der Waals surface area contributed by atoms with Crippen molar-refractivity contribution in [1.82, 2.24) is 16.0 Å². The Morgan fingerprint density at radius 2 is 1.47 bits per heavy atom. The van der Waals surface area contributed by atoms with Gasteiger partial charge >= 0.3 is 12.1 Å². The van der Waals surface area contributed by atoms with Crippen LogP contribution in [0, 0.1) is 5.92 Å². The van der Waals surface area contributed by atoms with Crippen LogP contribution < -0.4 is 16.0 Å². The molecule has 190 valence electrons. The van der Waals surface area contributed by atoms with Crippen LogP contribution in [0.1, 0.15) is 60.5 Å². The molecular weight excluding hydrogens is 438 g/mol. The molecule has 0 fully saturated rings. The largest absolute Gasteiger partial charge is 0.467 e. The van der Waals surface area contributed by atoms with Crippen LogP contribution in [-0.4, -0.2) is 54.2 Å². The first-order valence-electron chi connectivity index (χ1n) is 11.4. The van der Waals surface area contributed by atoms with Crippen molar-refractivity contribution in [3.8, 4) is 0 Å². The van der Waals surface area contributed by atoms with Gasteiger partial charge in [-0.2, -0.15) is 0 Å². The summed E-state index contributed by atoms with van der Waals surface area (Å²) in [7, 11) is 1.24. The summed E-state index contributed by atoms with van der Waals surface area (Å²) in [6.45, 7) is 12.1. The van der Waals surface area contributed by atoms with E-state index in [2.05, 4.69) is 16.0 Å². The fourth-order valence-corrected chi connectivity index (χ4v) is 3.19. The van der Waals surface area contributed by atoms with Crippen molar-refractivity contribution >= 4 is 23.9 Å². The van der Waals surface area contributed by atoms with E-state index >= 15 is 0 Å². The van der Waals surface area contributed by atoms with Crippen molar-refractivity contribution in [2.45, 2.75) is 84.5 Å². The Bertz CT molecular complexity index is 846. The summed E-state index contributed by atoms with van der Waals surface area (Å²) in [6.07, 6.45) is -0.199. The number of alkyl carbamates (subject to hydrolysis) is 1. The number of amides is 3. The Labute approximate surface area is 202 Å². The highest BCUT2D eigenvalue weighted by molar-refractivity contribution is 5.94. The molecule has 0 spiro atoms. The number of hydrogen-bond donors (Lipinski definition) is 3. The molecule has 0 aromatic heterocycles. The number of hydrogen-bond acceptors (Lipinski definition) is 6. The minimum absolute atomic E-state index is 0.0728. The van der Waals surface area contributed by atoms with Crippen LogP contribution in [0.5, 0.6) is 0 Å². The van der Waals surface area contributed by atoms with E-state index in [0.29, 0.717) is 6.42 Å². The highest BCUT2D eigenvalue weighted by Gasteiger charge is 2.35. The van der Waals surface area contributed by atoms with E-state index in [1.54, 1.807) is 20.8 Å². The van der Waals surface area contributed by atoms with Gasteiger partial charge < -0.3 is 25.4 Å². The Balaban J connectivity index is 3.09. The summed E-state index contributed by atoms with van der Waals surface area (Å²) < 4.78 is 10.1. The zero-order valence-electron chi connectivity index (χ0n) is 21.5. The maximum Gasteiger partial charge on any atom is 0.408 e. The number of ether oxygens (including phenoxy) is 2. The summed E-state index contributed by atoms with van der Waals surface area (Å²) in [5, 5.41) is 8.00. The molecule has 3 N–H and O–H groups in total. The average Bonchev–Trinajstić information content (AvgIpc) is 2.70. The second-order valence-electron chi connectivity index (χ2n) is 10.2. The van der Waals surface area contributed by atoms with Crippen LogP contribution >= 0.6 is 0 Å². The molecule has 3 amide bonds. The zero-order chi connectivity index (χ0) is 26.1. The smallest absolute Gasteiger partial charge is 0.408 e. The number of rotatable bonds is 10. The number of esters is 1. The van der Waals surface area contributed by atoms with E-state index in [4.69, 9.17) is 9.47 Å². The van der Waals surface area contributed by atoms with E-state index in [9.17, 15) is 19.2 Å². The molecule has 0 saturated carbocycles. The molecule has 34 heavy (non-hydrogen) atoms. The lowest BCUT2D eigenvalue weighted by Crippen LogP contribution is -2.59. The number of carbonyl (C=O) groups excluding carboxylic acids is 4. The van der Waals surface area contributed by atoms with Gasteiger partial charge in [-0.25, -0.2) is 9.59 Å². The molecule has 9 nitrogen and oxygen atoms in total. The highest BCUT2D eigenvalue weighted by Crippen LogP contribution is 2.12. The SMILES string of the molecule is COC(=O)C(C)(C)NC(=O)[C@H](CC(C)C)NC(=O)[C@H](Cc1ccccc1)NC(=O)OC(C)(C)C. The molecule has 0 heterocycles. The van der Waals surface area contributed by atoms with Gasteiger partial charge in [0.1, 0.15) is 23.2 Å². The minimum atomic E-state index is -1.27. The monoisotopic (exact) mass is 477 g/mol. The van der Waals surface area contributed by atoms with Gasteiger partial charge in [-0.05, 0) is 52.5 Å². The first-order chi connectivity index (χ1) is 15.6. The fraction of sp³-hybridized carbons (Fsp3) is 0.600. The lowest BCUT2D eigenvalue weighted by Gasteiger charge is -2.29.